The fraction of sp³-hybridized carbons (Fsp3) is 1.00. The molecule has 15 heavy (non-hydrogen) atoms. The maximum Gasteiger partial charge on any atom is 0.462 e. The van der Waals surface area contributed by atoms with E-state index in [4.69, 9.17) is 20.9 Å². The van der Waals surface area contributed by atoms with Gasteiger partial charge in [-0.3, -0.25) is 0 Å². The van der Waals surface area contributed by atoms with E-state index in [9.17, 15) is 0 Å². The number of hydrogen-bond acceptors (Lipinski definition) is 2. The van der Waals surface area contributed by atoms with Crippen molar-refractivity contribution >= 4 is 18.7 Å². The van der Waals surface area contributed by atoms with Crippen LogP contribution < -0.4 is 0 Å². The topological polar surface area (TPSA) is 18.5 Å². The van der Waals surface area contributed by atoms with Gasteiger partial charge in [-0.1, -0.05) is 13.8 Å². The molecule has 1 saturated heterocycles. The van der Waals surface area contributed by atoms with Gasteiger partial charge in [-0.25, -0.2) is 0 Å². The first-order chi connectivity index (χ1) is 6.71. The van der Waals surface area contributed by atoms with Crippen molar-refractivity contribution < 1.29 is 9.31 Å². The van der Waals surface area contributed by atoms with E-state index in [1.54, 1.807) is 0 Å². The summed E-state index contributed by atoms with van der Waals surface area (Å²) in [4.78, 5) is 0. The summed E-state index contributed by atoms with van der Waals surface area (Å²) in [5.41, 5.74) is -0.507. The van der Waals surface area contributed by atoms with Crippen LogP contribution in [0.3, 0.4) is 0 Å². The van der Waals surface area contributed by atoms with Crippen molar-refractivity contribution in [3.63, 3.8) is 0 Å². The summed E-state index contributed by atoms with van der Waals surface area (Å²) in [6, 6.07) is 0. The lowest BCUT2D eigenvalue weighted by Crippen LogP contribution is -2.41. The lowest BCUT2D eigenvalue weighted by molar-refractivity contribution is 0.00578. The summed E-state index contributed by atoms with van der Waals surface area (Å²) in [7, 11) is -0.183. The Bertz CT molecular complexity index is 215. The minimum Gasteiger partial charge on any atom is -0.403 e. The Morgan fingerprint density at radius 3 is 1.87 bits per heavy atom. The Morgan fingerprint density at radius 1 is 1.13 bits per heavy atom. The molecule has 0 aromatic heterocycles. The molecule has 0 bridgehead atoms. The van der Waals surface area contributed by atoms with Crippen LogP contribution in [0.2, 0.25) is 5.82 Å². The maximum atomic E-state index is 6.22. The number of hydrogen-bond donors (Lipinski definition) is 0. The maximum absolute atomic E-state index is 6.22. The molecular weight excluding hydrogens is 210 g/mol. The molecule has 0 aliphatic carbocycles. The predicted molar refractivity (Wildman–Crippen MR) is 65.4 cm³/mol. The average Bonchev–Trinajstić information content (AvgIpc) is 2.33. The summed E-state index contributed by atoms with van der Waals surface area (Å²) in [6.07, 6.45) is 0.937. The van der Waals surface area contributed by atoms with Crippen LogP contribution >= 0.6 is 11.6 Å². The standard InChI is InChI=1S/C11H22BClO2/c1-7-9(13)8(2)12-14-10(3,4)11(5,6)15-12/h8-9H,7H2,1-6H3/t8-,9?/m0/s1. The Morgan fingerprint density at radius 2 is 1.53 bits per heavy atom. The number of alkyl halides is 1. The fourth-order valence-electron chi connectivity index (χ4n) is 1.65. The van der Waals surface area contributed by atoms with E-state index in [0.717, 1.165) is 6.42 Å². The molecule has 0 radical (unpaired) electrons. The molecule has 2 nitrogen and oxygen atoms in total. The minimum absolute atomic E-state index is 0.111. The molecule has 1 unspecified atom stereocenters. The Kier molecular flexibility index (Phi) is 3.80. The Labute approximate surface area is 98.8 Å². The van der Waals surface area contributed by atoms with Crippen molar-refractivity contribution in [3.8, 4) is 0 Å². The SMILES string of the molecule is CCC(Cl)[C@H](C)B1OC(C)(C)C(C)(C)O1. The third kappa shape index (κ3) is 2.51. The van der Waals surface area contributed by atoms with Gasteiger partial charge >= 0.3 is 7.12 Å². The normalized spacial score (nSPS) is 27.8. The molecule has 0 spiro atoms. The first-order valence-electron chi connectivity index (χ1n) is 5.71. The summed E-state index contributed by atoms with van der Waals surface area (Å²) in [5.74, 6) is 0.220. The van der Waals surface area contributed by atoms with E-state index in [1.807, 2.05) is 0 Å². The first kappa shape index (κ1) is 13.3. The van der Waals surface area contributed by atoms with E-state index >= 15 is 0 Å². The monoisotopic (exact) mass is 232 g/mol. The van der Waals surface area contributed by atoms with Crippen molar-refractivity contribution in [1.29, 1.82) is 0 Å². The van der Waals surface area contributed by atoms with Crippen molar-refractivity contribution in [3.05, 3.63) is 0 Å². The van der Waals surface area contributed by atoms with Gasteiger partial charge in [-0.2, -0.15) is 0 Å². The van der Waals surface area contributed by atoms with Gasteiger partial charge in [0.1, 0.15) is 0 Å². The lowest BCUT2D eigenvalue weighted by atomic mass is 9.70. The molecule has 1 rings (SSSR count). The Hall–Kier alpha value is 0.275. The highest BCUT2D eigenvalue weighted by Crippen LogP contribution is 2.41. The molecule has 0 amide bonds. The van der Waals surface area contributed by atoms with Crippen LogP contribution in [0, 0.1) is 0 Å². The highest BCUT2D eigenvalue weighted by Gasteiger charge is 2.53. The second kappa shape index (κ2) is 4.27. The molecule has 1 aliphatic rings. The van der Waals surface area contributed by atoms with Crippen molar-refractivity contribution in [2.24, 2.45) is 0 Å². The zero-order valence-electron chi connectivity index (χ0n) is 10.6. The van der Waals surface area contributed by atoms with Gasteiger partial charge in [-0.05, 0) is 34.1 Å². The minimum atomic E-state index is -0.254. The molecule has 2 atom stereocenters. The van der Waals surface area contributed by atoms with Crippen LogP contribution in [0.25, 0.3) is 0 Å². The first-order valence-corrected chi connectivity index (χ1v) is 6.14. The smallest absolute Gasteiger partial charge is 0.403 e. The molecule has 1 aliphatic heterocycles. The number of rotatable bonds is 3. The van der Waals surface area contributed by atoms with Gasteiger partial charge in [-0.15, -0.1) is 11.6 Å². The second-order valence-corrected chi connectivity index (χ2v) is 5.97. The van der Waals surface area contributed by atoms with Crippen molar-refractivity contribution in [2.75, 3.05) is 0 Å². The van der Waals surface area contributed by atoms with Gasteiger partial charge < -0.3 is 9.31 Å². The van der Waals surface area contributed by atoms with Crippen molar-refractivity contribution in [2.45, 2.75) is 70.4 Å². The highest BCUT2D eigenvalue weighted by atomic mass is 35.5. The quantitative estimate of drug-likeness (QED) is 0.548. The molecule has 1 heterocycles. The van der Waals surface area contributed by atoms with E-state index in [2.05, 4.69) is 41.5 Å². The molecule has 0 N–H and O–H groups in total. The van der Waals surface area contributed by atoms with Gasteiger partial charge in [0, 0.05) is 11.2 Å². The molecule has 1 fully saturated rings. The zero-order chi connectivity index (χ0) is 11.9. The molecule has 0 saturated carbocycles. The second-order valence-electron chi connectivity index (χ2n) is 5.41. The summed E-state index contributed by atoms with van der Waals surface area (Å²) >= 11 is 6.22. The van der Waals surface area contributed by atoms with Gasteiger partial charge in [0.25, 0.3) is 0 Å². The van der Waals surface area contributed by atoms with Crippen LogP contribution in [0.1, 0.15) is 48.0 Å². The van der Waals surface area contributed by atoms with Crippen molar-refractivity contribution in [1.82, 2.24) is 0 Å². The lowest BCUT2D eigenvalue weighted by Gasteiger charge is -2.32. The summed E-state index contributed by atoms with van der Waals surface area (Å²) in [5, 5.41) is 0.111. The third-order valence-electron chi connectivity index (χ3n) is 3.66. The van der Waals surface area contributed by atoms with E-state index in [0.29, 0.717) is 0 Å². The molecule has 88 valence electrons. The predicted octanol–water partition coefficient (Wildman–Crippen LogP) is 3.49. The van der Waals surface area contributed by atoms with Crippen LogP contribution in [-0.2, 0) is 9.31 Å². The highest BCUT2D eigenvalue weighted by molar-refractivity contribution is 6.49. The zero-order valence-corrected chi connectivity index (χ0v) is 11.4. The average molecular weight is 233 g/mol. The van der Waals surface area contributed by atoms with Gasteiger partial charge in [0.05, 0.1) is 11.2 Å². The number of halogens is 1. The molecular formula is C11H22BClO2. The Balaban J connectivity index is 2.70. The largest absolute Gasteiger partial charge is 0.462 e. The molecule has 0 aromatic rings. The van der Waals surface area contributed by atoms with E-state index < -0.39 is 0 Å². The molecule has 0 aromatic carbocycles. The van der Waals surface area contributed by atoms with Gasteiger partial charge in [0.2, 0.25) is 0 Å². The summed E-state index contributed by atoms with van der Waals surface area (Å²) in [6.45, 7) is 12.4. The van der Waals surface area contributed by atoms with Crippen LogP contribution in [-0.4, -0.2) is 23.7 Å². The summed E-state index contributed by atoms with van der Waals surface area (Å²) < 4.78 is 11.9. The van der Waals surface area contributed by atoms with Crippen LogP contribution in [0.4, 0.5) is 0 Å². The van der Waals surface area contributed by atoms with E-state index in [-0.39, 0.29) is 29.5 Å². The molecule has 4 heteroatoms. The van der Waals surface area contributed by atoms with Crippen LogP contribution in [0.5, 0.6) is 0 Å². The van der Waals surface area contributed by atoms with Gasteiger partial charge in [0.15, 0.2) is 0 Å². The fourth-order valence-corrected chi connectivity index (χ4v) is 1.76. The van der Waals surface area contributed by atoms with Crippen LogP contribution in [0.15, 0.2) is 0 Å². The third-order valence-corrected chi connectivity index (χ3v) is 4.37. The van der Waals surface area contributed by atoms with E-state index in [1.165, 1.54) is 0 Å².